The van der Waals surface area contributed by atoms with Crippen LogP contribution in [0.4, 0.5) is 0 Å². The van der Waals surface area contributed by atoms with E-state index in [1.165, 1.54) is 6.47 Å². The van der Waals surface area contributed by atoms with E-state index < -0.39 is 5.60 Å². The number of para-hydroxylation sites is 1. The highest BCUT2D eigenvalue weighted by molar-refractivity contribution is 5.39. The predicted octanol–water partition coefficient (Wildman–Crippen LogP) is 1.93. The lowest BCUT2D eigenvalue weighted by atomic mass is 10.1. The summed E-state index contributed by atoms with van der Waals surface area (Å²) in [5.41, 5.74) is -0.641. The highest BCUT2D eigenvalue weighted by Gasteiger charge is 2.20. The van der Waals surface area contributed by atoms with Crippen molar-refractivity contribution >= 4 is 6.47 Å². The second-order valence-corrected chi connectivity index (χ2v) is 3.55. The normalized spacial score (nSPS) is 10.7. The smallest absolute Gasteiger partial charge is 0.418 e. The fraction of sp³-hybridized carbons (Fsp3) is 0.364. The molecule has 1 aromatic carbocycles. The molecule has 0 atom stereocenters. The van der Waals surface area contributed by atoms with Crippen molar-refractivity contribution in [2.45, 2.75) is 19.4 Å². The zero-order valence-corrected chi connectivity index (χ0v) is 8.32. The van der Waals surface area contributed by atoms with E-state index in [4.69, 9.17) is 9.47 Å². The van der Waals surface area contributed by atoms with Crippen molar-refractivity contribution in [3.63, 3.8) is 0 Å². The molecule has 0 heterocycles. The Morgan fingerprint density at radius 3 is 2.50 bits per heavy atom. The lowest BCUT2D eigenvalue weighted by molar-refractivity contribution is 0.0378. The molecule has 0 N–H and O–H groups in total. The van der Waals surface area contributed by atoms with Crippen LogP contribution in [0.3, 0.4) is 0 Å². The van der Waals surface area contributed by atoms with E-state index in [0.29, 0.717) is 6.61 Å². The van der Waals surface area contributed by atoms with Crippen molar-refractivity contribution in [2.24, 2.45) is 0 Å². The van der Waals surface area contributed by atoms with Crippen LogP contribution in [-0.4, -0.2) is 18.7 Å². The number of benzene rings is 1. The van der Waals surface area contributed by atoms with E-state index in [1.807, 2.05) is 30.3 Å². The van der Waals surface area contributed by atoms with Crippen molar-refractivity contribution in [2.75, 3.05) is 6.61 Å². The summed E-state index contributed by atoms with van der Waals surface area (Å²) < 4.78 is 10.1. The number of ether oxygens (including phenoxy) is 2. The van der Waals surface area contributed by atoms with Crippen molar-refractivity contribution in [3.05, 3.63) is 30.3 Å². The molecule has 0 saturated carbocycles. The fourth-order valence-corrected chi connectivity index (χ4v) is 0.916. The quantitative estimate of drug-likeness (QED) is 0.716. The summed E-state index contributed by atoms with van der Waals surface area (Å²) in [7, 11) is 0. The largest absolute Gasteiger partial charge is 0.489 e. The lowest BCUT2D eigenvalue weighted by Gasteiger charge is -2.21. The van der Waals surface area contributed by atoms with Crippen molar-refractivity contribution < 1.29 is 14.3 Å². The molecule has 1 rings (SSSR count). The van der Waals surface area contributed by atoms with E-state index in [-0.39, 0.29) is 0 Å². The minimum Gasteiger partial charge on any atom is -0.489 e. The molecule has 1 radical (unpaired) electrons. The Balaban J connectivity index is 2.44. The molecular weight excluding hydrogens is 180 g/mol. The van der Waals surface area contributed by atoms with E-state index >= 15 is 0 Å². The Bertz CT molecular complexity index is 280. The van der Waals surface area contributed by atoms with Crippen LogP contribution in [0.2, 0.25) is 0 Å². The summed E-state index contributed by atoms with van der Waals surface area (Å²) in [6, 6.07) is 9.37. The van der Waals surface area contributed by atoms with Gasteiger partial charge >= 0.3 is 6.47 Å². The van der Waals surface area contributed by atoms with Crippen LogP contribution in [0.15, 0.2) is 30.3 Å². The number of rotatable bonds is 5. The first-order valence-electron chi connectivity index (χ1n) is 4.37. The van der Waals surface area contributed by atoms with Gasteiger partial charge in [0.1, 0.15) is 18.0 Å². The molecule has 0 amide bonds. The number of hydrogen-bond acceptors (Lipinski definition) is 3. The molecule has 0 fully saturated rings. The first-order chi connectivity index (χ1) is 6.64. The third-order valence-corrected chi connectivity index (χ3v) is 1.65. The van der Waals surface area contributed by atoms with Gasteiger partial charge in [0.2, 0.25) is 0 Å². The van der Waals surface area contributed by atoms with Gasteiger partial charge < -0.3 is 9.47 Å². The maximum absolute atomic E-state index is 10.0. The Morgan fingerprint density at radius 1 is 1.29 bits per heavy atom. The summed E-state index contributed by atoms with van der Waals surface area (Å²) in [5, 5.41) is 0. The zero-order valence-electron chi connectivity index (χ0n) is 8.32. The molecule has 14 heavy (non-hydrogen) atoms. The van der Waals surface area contributed by atoms with Gasteiger partial charge in [0.25, 0.3) is 0 Å². The Kier molecular flexibility index (Phi) is 3.51. The second kappa shape index (κ2) is 4.65. The van der Waals surface area contributed by atoms with Gasteiger partial charge in [0, 0.05) is 0 Å². The van der Waals surface area contributed by atoms with Gasteiger partial charge in [-0.15, -0.1) is 0 Å². The topological polar surface area (TPSA) is 35.5 Å². The van der Waals surface area contributed by atoms with E-state index in [0.717, 1.165) is 5.75 Å². The highest BCUT2D eigenvalue weighted by Crippen LogP contribution is 2.13. The number of hydrogen-bond donors (Lipinski definition) is 0. The molecule has 0 bridgehead atoms. The van der Waals surface area contributed by atoms with E-state index in [1.54, 1.807) is 13.8 Å². The Hall–Kier alpha value is -1.51. The molecule has 3 heteroatoms. The average Bonchev–Trinajstić information content (AvgIpc) is 2.17. The number of carbonyl (C=O) groups excluding carboxylic acids is 1. The van der Waals surface area contributed by atoms with Crippen molar-refractivity contribution in [1.29, 1.82) is 0 Å². The molecule has 75 valence electrons. The summed E-state index contributed by atoms with van der Waals surface area (Å²) in [5.74, 6) is 0.759. The molecular formula is C11H13O3. The molecule has 0 aliphatic carbocycles. The lowest BCUT2D eigenvalue weighted by Crippen LogP contribution is -2.31. The standard InChI is InChI=1S/C11H13O3/c1-11(2,14-9-12)8-13-10-6-4-3-5-7-10/h3-7H,8H2,1-2H3. The maximum atomic E-state index is 10.0. The summed E-state index contributed by atoms with van der Waals surface area (Å²) in [4.78, 5) is 10.0. The van der Waals surface area contributed by atoms with Crippen LogP contribution in [-0.2, 0) is 9.53 Å². The van der Waals surface area contributed by atoms with Gasteiger partial charge in [-0.1, -0.05) is 18.2 Å². The zero-order chi connectivity index (χ0) is 10.4. The average molecular weight is 193 g/mol. The van der Waals surface area contributed by atoms with Crippen LogP contribution >= 0.6 is 0 Å². The van der Waals surface area contributed by atoms with Gasteiger partial charge in [-0.25, -0.2) is 4.79 Å². The summed E-state index contributed by atoms with van der Waals surface area (Å²) in [6.07, 6.45) is 0. The van der Waals surface area contributed by atoms with Gasteiger partial charge in [0.05, 0.1) is 0 Å². The fourth-order valence-electron chi connectivity index (χ4n) is 0.916. The van der Waals surface area contributed by atoms with Crippen LogP contribution in [0, 0.1) is 0 Å². The second-order valence-electron chi connectivity index (χ2n) is 3.55. The summed E-state index contributed by atoms with van der Waals surface area (Å²) >= 11 is 0. The van der Waals surface area contributed by atoms with Gasteiger partial charge in [-0.05, 0) is 26.0 Å². The first-order valence-corrected chi connectivity index (χ1v) is 4.37. The van der Waals surface area contributed by atoms with Crippen molar-refractivity contribution in [1.82, 2.24) is 0 Å². The molecule has 1 aromatic rings. The van der Waals surface area contributed by atoms with Gasteiger partial charge in [-0.2, -0.15) is 0 Å². The highest BCUT2D eigenvalue weighted by atomic mass is 16.6. The maximum Gasteiger partial charge on any atom is 0.418 e. The van der Waals surface area contributed by atoms with Crippen LogP contribution in [0.25, 0.3) is 0 Å². The van der Waals surface area contributed by atoms with Gasteiger partial charge in [0.15, 0.2) is 0 Å². The third kappa shape index (κ3) is 3.47. The van der Waals surface area contributed by atoms with Gasteiger partial charge in [-0.3, -0.25) is 0 Å². The third-order valence-electron chi connectivity index (χ3n) is 1.65. The molecule has 0 saturated heterocycles. The Labute approximate surface area is 83.6 Å². The predicted molar refractivity (Wildman–Crippen MR) is 52.8 cm³/mol. The molecule has 0 aromatic heterocycles. The van der Waals surface area contributed by atoms with Crippen LogP contribution in [0.1, 0.15) is 13.8 Å². The molecule has 0 aliphatic heterocycles. The van der Waals surface area contributed by atoms with E-state index in [9.17, 15) is 4.79 Å². The molecule has 3 nitrogen and oxygen atoms in total. The molecule has 0 spiro atoms. The first kappa shape index (κ1) is 10.6. The molecule has 0 unspecified atom stereocenters. The SMILES string of the molecule is CC(C)(COc1ccccc1)O[C]=O. The van der Waals surface area contributed by atoms with Crippen molar-refractivity contribution in [3.8, 4) is 5.75 Å². The Morgan fingerprint density at radius 2 is 1.93 bits per heavy atom. The van der Waals surface area contributed by atoms with Crippen LogP contribution < -0.4 is 4.74 Å². The van der Waals surface area contributed by atoms with Crippen LogP contribution in [0.5, 0.6) is 5.75 Å². The summed E-state index contributed by atoms with van der Waals surface area (Å²) in [6.45, 7) is 5.26. The van der Waals surface area contributed by atoms with E-state index in [2.05, 4.69) is 0 Å². The molecule has 0 aliphatic rings. The minimum absolute atomic E-state index is 0.312. The monoisotopic (exact) mass is 193 g/mol. The minimum atomic E-state index is -0.641.